The highest BCUT2D eigenvalue weighted by atomic mass is 32.2. The van der Waals surface area contributed by atoms with Gasteiger partial charge in [0.1, 0.15) is 13.2 Å². The van der Waals surface area contributed by atoms with E-state index in [1.54, 1.807) is 42.3 Å². The Labute approximate surface area is 165 Å². The number of nitrogens with zero attached hydrogens (tertiary/aromatic N) is 1. The predicted molar refractivity (Wildman–Crippen MR) is 107 cm³/mol. The average molecular weight is 404 g/mol. The number of nitrogens with one attached hydrogen (secondary N) is 1. The molecule has 1 N–H and O–H groups in total. The number of hydrogen-bond acceptors (Lipinski definition) is 5. The number of hydrogen-bond donors (Lipinski definition) is 1. The van der Waals surface area contributed by atoms with Crippen molar-refractivity contribution in [2.24, 2.45) is 0 Å². The third kappa shape index (κ3) is 4.22. The molecular weight excluding hydrogens is 380 g/mol. The van der Waals surface area contributed by atoms with Gasteiger partial charge < -0.3 is 14.4 Å². The third-order valence-corrected chi connectivity index (χ3v) is 6.16. The van der Waals surface area contributed by atoms with Gasteiger partial charge in [-0.1, -0.05) is 6.92 Å². The van der Waals surface area contributed by atoms with Crippen LogP contribution in [0.15, 0.2) is 47.4 Å². The summed E-state index contributed by atoms with van der Waals surface area (Å²) in [6, 6.07) is 11.0. The number of fused-ring (bicyclic) bond motifs is 1. The van der Waals surface area contributed by atoms with Crippen LogP contribution in [0.3, 0.4) is 0 Å². The van der Waals surface area contributed by atoms with Gasteiger partial charge in [0.15, 0.2) is 11.5 Å². The van der Waals surface area contributed by atoms with Crippen molar-refractivity contribution in [1.29, 1.82) is 0 Å². The van der Waals surface area contributed by atoms with Gasteiger partial charge in [-0.3, -0.25) is 9.52 Å². The predicted octanol–water partition coefficient (Wildman–Crippen LogP) is 3.13. The molecule has 1 heterocycles. The normalized spacial score (nSPS) is 14.2. The molecule has 0 spiro atoms. The molecule has 0 fully saturated rings. The lowest BCUT2D eigenvalue weighted by atomic mass is 10.1. The molecule has 0 aromatic heterocycles. The van der Waals surface area contributed by atoms with Gasteiger partial charge in [0.25, 0.3) is 15.9 Å². The highest BCUT2D eigenvalue weighted by molar-refractivity contribution is 7.92. The zero-order valence-electron chi connectivity index (χ0n) is 16.1. The van der Waals surface area contributed by atoms with Crippen LogP contribution in [0.1, 0.15) is 30.6 Å². The molecule has 7 nitrogen and oxygen atoms in total. The van der Waals surface area contributed by atoms with E-state index in [0.29, 0.717) is 36.0 Å². The van der Waals surface area contributed by atoms with Crippen molar-refractivity contribution in [3.63, 3.8) is 0 Å². The molecule has 0 saturated heterocycles. The lowest BCUT2D eigenvalue weighted by Gasteiger charge is -2.24. The fourth-order valence-corrected chi connectivity index (χ4v) is 3.84. The Morgan fingerprint density at radius 2 is 1.75 bits per heavy atom. The molecule has 0 bridgehead atoms. The van der Waals surface area contributed by atoms with E-state index < -0.39 is 10.0 Å². The lowest BCUT2D eigenvalue weighted by Crippen LogP contribution is -2.34. The van der Waals surface area contributed by atoms with E-state index >= 15 is 0 Å². The van der Waals surface area contributed by atoms with Gasteiger partial charge in [0.2, 0.25) is 0 Å². The molecule has 1 aliphatic heterocycles. The van der Waals surface area contributed by atoms with Crippen molar-refractivity contribution >= 4 is 21.6 Å². The maximum Gasteiger partial charge on any atom is 0.262 e. The van der Waals surface area contributed by atoms with E-state index in [2.05, 4.69) is 4.72 Å². The highest BCUT2D eigenvalue weighted by Gasteiger charge is 2.20. The van der Waals surface area contributed by atoms with Crippen LogP contribution in [0, 0.1) is 0 Å². The standard InChI is InChI=1S/C20H24N2O5S/c1-4-14(2)22(3)20(23)15-5-7-16(8-6-15)21-28(24,25)17-9-10-18-19(13-17)27-12-11-26-18/h5-10,13-14,21H,4,11-12H2,1-3H3. The molecule has 1 amide bonds. The van der Waals surface area contributed by atoms with E-state index in [-0.39, 0.29) is 16.8 Å². The summed E-state index contributed by atoms with van der Waals surface area (Å²) in [5.74, 6) is 0.831. The van der Waals surface area contributed by atoms with Crippen LogP contribution in [0.2, 0.25) is 0 Å². The van der Waals surface area contributed by atoms with Gasteiger partial charge >= 0.3 is 0 Å². The summed E-state index contributed by atoms with van der Waals surface area (Å²) < 4.78 is 38.7. The van der Waals surface area contributed by atoms with Crippen LogP contribution < -0.4 is 14.2 Å². The van der Waals surface area contributed by atoms with Crippen molar-refractivity contribution in [3.8, 4) is 11.5 Å². The third-order valence-electron chi connectivity index (χ3n) is 4.78. The van der Waals surface area contributed by atoms with Gasteiger partial charge in [-0.2, -0.15) is 0 Å². The summed E-state index contributed by atoms with van der Waals surface area (Å²) in [5, 5.41) is 0. The van der Waals surface area contributed by atoms with Crippen LogP contribution in [-0.2, 0) is 10.0 Å². The van der Waals surface area contributed by atoms with Gasteiger partial charge in [-0.15, -0.1) is 0 Å². The highest BCUT2D eigenvalue weighted by Crippen LogP contribution is 2.32. The molecule has 0 aliphatic carbocycles. The molecule has 1 unspecified atom stereocenters. The summed E-state index contributed by atoms with van der Waals surface area (Å²) in [4.78, 5) is 14.2. The van der Waals surface area contributed by atoms with Gasteiger partial charge in [0.05, 0.1) is 4.90 Å². The number of sulfonamides is 1. The Hall–Kier alpha value is -2.74. The minimum Gasteiger partial charge on any atom is -0.486 e. The van der Waals surface area contributed by atoms with Crippen LogP contribution in [0.4, 0.5) is 5.69 Å². The second-order valence-corrected chi connectivity index (χ2v) is 8.34. The van der Waals surface area contributed by atoms with E-state index in [4.69, 9.17) is 9.47 Å². The number of carbonyl (C=O) groups excluding carboxylic acids is 1. The second-order valence-electron chi connectivity index (χ2n) is 6.66. The molecule has 0 radical (unpaired) electrons. The number of benzene rings is 2. The Morgan fingerprint density at radius 1 is 1.11 bits per heavy atom. The smallest absolute Gasteiger partial charge is 0.262 e. The molecule has 1 aliphatic rings. The number of anilines is 1. The molecule has 2 aromatic rings. The Kier molecular flexibility index (Phi) is 5.79. The topological polar surface area (TPSA) is 84.9 Å². The molecule has 2 aromatic carbocycles. The molecule has 0 saturated carbocycles. The minimum absolute atomic E-state index is 0.0772. The Balaban J connectivity index is 1.75. The van der Waals surface area contributed by atoms with Crippen molar-refractivity contribution < 1.29 is 22.7 Å². The Morgan fingerprint density at radius 3 is 2.39 bits per heavy atom. The molecule has 28 heavy (non-hydrogen) atoms. The zero-order valence-corrected chi connectivity index (χ0v) is 17.0. The fraction of sp³-hybridized carbons (Fsp3) is 0.350. The van der Waals surface area contributed by atoms with E-state index in [9.17, 15) is 13.2 Å². The number of carbonyl (C=O) groups is 1. The van der Waals surface area contributed by atoms with E-state index in [1.165, 1.54) is 12.1 Å². The molecule has 3 rings (SSSR count). The van der Waals surface area contributed by atoms with Gasteiger partial charge in [-0.05, 0) is 49.7 Å². The maximum absolute atomic E-state index is 12.7. The number of rotatable bonds is 6. The lowest BCUT2D eigenvalue weighted by molar-refractivity contribution is 0.0740. The van der Waals surface area contributed by atoms with Crippen molar-refractivity contribution in [2.45, 2.75) is 31.2 Å². The first-order valence-corrected chi connectivity index (χ1v) is 10.6. The minimum atomic E-state index is -3.79. The van der Waals surface area contributed by atoms with Gasteiger partial charge in [-0.25, -0.2) is 8.42 Å². The maximum atomic E-state index is 12.7. The first-order chi connectivity index (χ1) is 13.3. The summed E-state index contributed by atoms with van der Waals surface area (Å²) in [6.07, 6.45) is 0.857. The van der Waals surface area contributed by atoms with Crippen LogP contribution in [-0.4, -0.2) is 45.5 Å². The zero-order chi connectivity index (χ0) is 20.3. The average Bonchev–Trinajstić information content (AvgIpc) is 2.72. The monoisotopic (exact) mass is 404 g/mol. The van der Waals surface area contributed by atoms with E-state index in [1.807, 2.05) is 13.8 Å². The van der Waals surface area contributed by atoms with Crippen LogP contribution >= 0.6 is 0 Å². The van der Waals surface area contributed by atoms with Crippen LogP contribution in [0.5, 0.6) is 11.5 Å². The molecule has 8 heteroatoms. The number of amides is 1. The van der Waals surface area contributed by atoms with Gasteiger partial charge in [0, 0.05) is 30.4 Å². The summed E-state index contributed by atoms with van der Waals surface area (Å²) >= 11 is 0. The quantitative estimate of drug-likeness (QED) is 0.800. The van der Waals surface area contributed by atoms with Crippen LogP contribution in [0.25, 0.3) is 0 Å². The SMILES string of the molecule is CCC(C)N(C)C(=O)c1ccc(NS(=O)(=O)c2ccc3c(c2)OCCO3)cc1. The molecule has 150 valence electrons. The summed E-state index contributed by atoms with van der Waals surface area (Å²) in [7, 11) is -2.04. The molecular formula is C20H24N2O5S. The first-order valence-electron chi connectivity index (χ1n) is 9.11. The van der Waals surface area contributed by atoms with Crippen molar-refractivity contribution in [2.75, 3.05) is 25.0 Å². The first kappa shape index (κ1) is 20.0. The van der Waals surface area contributed by atoms with E-state index in [0.717, 1.165) is 6.42 Å². The fourth-order valence-electron chi connectivity index (χ4n) is 2.76. The Bertz CT molecular complexity index is 957. The van der Waals surface area contributed by atoms with Crippen molar-refractivity contribution in [3.05, 3.63) is 48.0 Å². The molecule has 1 atom stereocenters. The second kappa shape index (κ2) is 8.10. The van der Waals surface area contributed by atoms with Crippen molar-refractivity contribution in [1.82, 2.24) is 4.90 Å². The largest absolute Gasteiger partial charge is 0.486 e. The number of ether oxygens (including phenoxy) is 2. The summed E-state index contributed by atoms with van der Waals surface area (Å²) in [6.45, 7) is 4.82. The summed E-state index contributed by atoms with van der Waals surface area (Å²) in [5.41, 5.74) is 0.878.